The minimum atomic E-state index is -4.51. The number of nitrogens with two attached hydrogens (primary N) is 1. The molecule has 0 bridgehead atoms. The Morgan fingerprint density at radius 2 is 1.85 bits per heavy atom. The first kappa shape index (κ1) is 18.5. The summed E-state index contributed by atoms with van der Waals surface area (Å²) < 4.78 is 58.4. The van der Waals surface area contributed by atoms with Crippen molar-refractivity contribution in [1.82, 2.24) is 0 Å². The molecule has 140 valence electrons. The molecule has 0 aliphatic carbocycles. The van der Waals surface area contributed by atoms with Gasteiger partial charge >= 0.3 is 6.18 Å². The monoisotopic (exact) mass is 378 g/mol. The zero-order valence-electron chi connectivity index (χ0n) is 13.8. The van der Waals surface area contributed by atoms with Gasteiger partial charge in [-0.2, -0.15) is 13.2 Å². The second-order valence-electron chi connectivity index (χ2n) is 5.67. The molecule has 1 aliphatic heterocycles. The highest BCUT2D eigenvalue weighted by Gasteiger charge is 2.31. The number of alkyl halides is 3. The van der Waals surface area contributed by atoms with Crippen molar-refractivity contribution in [3.05, 3.63) is 83.8 Å². The second kappa shape index (κ2) is 7.14. The van der Waals surface area contributed by atoms with E-state index in [4.69, 9.17) is 10.5 Å². The van der Waals surface area contributed by atoms with E-state index in [1.54, 1.807) is 18.2 Å². The molecule has 27 heavy (non-hydrogen) atoms. The van der Waals surface area contributed by atoms with Crippen LogP contribution < -0.4 is 15.4 Å². The molecule has 2 N–H and O–H groups in total. The van der Waals surface area contributed by atoms with Crippen LogP contribution in [0.15, 0.2) is 66.9 Å². The summed E-state index contributed by atoms with van der Waals surface area (Å²) in [6.45, 7) is 0. The van der Waals surface area contributed by atoms with Crippen molar-refractivity contribution in [2.24, 2.45) is 5.73 Å². The average molecular weight is 378 g/mol. The SMILES string of the molecule is NC(=O)c1c(F)cccc1N1C=CC=CC1Oc1cccc(C(F)(F)F)c1. The van der Waals surface area contributed by atoms with Gasteiger partial charge in [0.25, 0.3) is 5.91 Å². The number of amides is 1. The maximum atomic E-state index is 14.1. The van der Waals surface area contributed by atoms with Crippen molar-refractivity contribution in [2.45, 2.75) is 12.4 Å². The van der Waals surface area contributed by atoms with Crippen LogP contribution in [0.4, 0.5) is 23.2 Å². The highest BCUT2D eigenvalue weighted by molar-refractivity contribution is 5.99. The fourth-order valence-electron chi connectivity index (χ4n) is 2.65. The maximum absolute atomic E-state index is 14.1. The van der Waals surface area contributed by atoms with Gasteiger partial charge in [-0.3, -0.25) is 4.79 Å². The summed E-state index contributed by atoms with van der Waals surface area (Å²) in [6.07, 6.45) is 0.886. The largest absolute Gasteiger partial charge is 0.467 e. The minimum absolute atomic E-state index is 0.0307. The topological polar surface area (TPSA) is 55.6 Å². The van der Waals surface area contributed by atoms with E-state index >= 15 is 0 Å². The van der Waals surface area contributed by atoms with Crippen LogP contribution in [-0.4, -0.2) is 12.1 Å². The van der Waals surface area contributed by atoms with E-state index in [1.807, 2.05) is 0 Å². The summed E-state index contributed by atoms with van der Waals surface area (Å²) >= 11 is 0. The molecule has 3 rings (SSSR count). The van der Waals surface area contributed by atoms with Crippen LogP contribution in [0.2, 0.25) is 0 Å². The molecular weight excluding hydrogens is 364 g/mol. The number of anilines is 1. The minimum Gasteiger partial charge on any atom is -0.467 e. The van der Waals surface area contributed by atoms with Crippen molar-refractivity contribution in [3.8, 4) is 5.75 Å². The Balaban J connectivity index is 1.95. The molecule has 4 nitrogen and oxygen atoms in total. The first-order chi connectivity index (χ1) is 12.8. The lowest BCUT2D eigenvalue weighted by Gasteiger charge is -2.31. The van der Waals surface area contributed by atoms with E-state index in [9.17, 15) is 22.4 Å². The molecule has 2 aromatic carbocycles. The standard InChI is InChI=1S/C19H14F4N2O2/c20-14-7-4-8-15(17(14)18(24)26)25-10-2-1-9-16(25)27-13-6-3-5-12(11-13)19(21,22)23/h1-11,16H,(H2,24,26). The van der Waals surface area contributed by atoms with E-state index in [2.05, 4.69) is 0 Å². The van der Waals surface area contributed by atoms with E-state index in [0.717, 1.165) is 18.2 Å². The first-order valence-corrected chi connectivity index (χ1v) is 7.83. The van der Waals surface area contributed by atoms with Gasteiger partial charge in [0.2, 0.25) is 0 Å². The van der Waals surface area contributed by atoms with Crippen molar-refractivity contribution in [2.75, 3.05) is 4.90 Å². The molecule has 1 aliphatic rings. The summed E-state index contributed by atoms with van der Waals surface area (Å²) in [5.41, 5.74) is 4.22. The van der Waals surface area contributed by atoms with Crippen molar-refractivity contribution in [3.63, 3.8) is 0 Å². The molecule has 0 saturated heterocycles. The lowest BCUT2D eigenvalue weighted by atomic mass is 10.1. The van der Waals surface area contributed by atoms with E-state index in [1.165, 1.54) is 35.4 Å². The van der Waals surface area contributed by atoms with Gasteiger partial charge in [0.15, 0.2) is 6.23 Å². The molecule has 2 aromatic rings. The molecule has 0 saturated carbocycles. The molecule has 1 amide bonds. The van der Waals surface area contributed by atoms with Crippen LogP contribution in [0.1, 0.15) is 15.9 Å². The number of carbonyl (C=O) groups is 1. The van der Waals surface area contributed by atoms with Gasteiger partial charge in [-0.1, -0.05) is 18.2 Å². The van der Waals surface area contributed by atoms with Crippen LogP contribution in [0.3, 0.4) is 0 Å². The fraction of sp³-hybridized carbons (Fsp3) is 0.105. The van der Waals surface area contributed by atoms with Crippen LogP contribution in [-0.2, 0) is 6.18 Å². The number of hydrogen-bond donors (Lipinski definition) is 1. The van der Waals surface area contributed by atoms with Gasteiger partial charge in [0.1, 0.15) is 11.6 Å². The number of hydrogen-bond acceptors (Lipinski definition) is 3. The summed E-state index contributed by atoms with van der Waals surface area (Å²) in [5, 5.41) is 0. The predicted octanol–water partition coefficient (Wildman–Crippen LogP) is 4.24. The number of ether oxygens (including phenoxy) is 1. The third kappa shape index (κ3) is 3.94. The highest BCUT2D eigenvalue weighted by atomic mass is 19.4. The Bertz CT molecular complexity index is 922. The third-order valence-corrected chi connectivity index (χ3v) is 3.84. The van der Waals surface area contributed by atoms with Crippen molar-refractivity contribution in [1.29, 1.82) is 0 Å². The molecule has 8 heteroatoms. The fourth-order valence-corrected chi connectivity index (χ4v) is 2.65. The Morgan fingerprint density at radius 1 is 1.11 bits per heavy atom. The zero-order chi connectivity index (χ0) is 19.6. The van der Waals surface area contributed by atoms with Gasteiger partial charge in [-0.15, -0.1) is 0 Å². The number of benzene rings is 2. The maximum Gasteiger partial charge on any atom is 0.416 e. The number of carbonyl (C=O) groups excluding carboxylic acids is 1. The number of halogens is 4. The molecule has 0 spiro atoms. The molecule has 0 fully saturated rings. The Labute approximate surface area is 152 Å². The summed E-state index contributed by atoms with van der Waals surface area (Å²) in [6, 6.07) is 8.35. The van der Waals surface area contributed by atoms with E-state index < -0.39 is 29.7 Å². The second-order valence-corrected chi connectivity index (χ2v) is 5.67. The first-order valence-electron chi connectivity index (χ1n) is 7.83. The number of primary amides is 1. The summed E-state index contributed by atoms with van der Waals surface area (Å²) in [5.74, 6) is -1.80. The molecule has 1 unspecified atom stereocenters. The highest BCUT2D eigenvalue weighted by Crippen LogP contribution is 2.33. The predicted molar refractivity (Wildman–Crippen MR) is 91.5 cm³/mol. The quantitative estimate of drug-likeness (QED) is 0.810. The van der Waals surface area contributed by atoms with Gasteiger partial charge in [-0.25, -0.2) is 4.39 Å². The van der Waals surface area contributed by atoms with E-state index in [0.29, 0.717) is 0 Å². The Morgan fingerprint density at radius 3 is 2.56 bits per heavy atom. The number of rotatable bonds is 4. The van der Waals surface area contributed by atoms with Crippen LogP contribution >= 0.6 is 0 Å². The normalized spacial score (nSPS) is 16.4. The summed E-state index contributed by atoms with van der Waals surface area (Å²) in [4.78, 5) is 13.1. The van der Waals surface area contributed by atoms with E-state index in [-0.39, 0.29) is 17.0 Å². The Kier molecular flexibility index (Phi) is 4.89. The van der Waals surface area contributed by atoms with Crippen molar-refractivity contribution < 1.29 is 27.1 Å². The van der Waals surface area contributed by atoms with Crippen LogP contribution in [0.25, 0.3) is 0 Å². The van der Waals surface area contributed by atoms with Crippen LogP contribution in [0, 0.1) is 5.82 Å². The lowest BCUT2D eigenvalue weighted by molar-refractivity contribution is -0.137. The summed E-state index contributed by atoms with van der Waals surface area (Å²) in [7, 11) is 0. The van der Waals surface area contributed by atoms with Gasteiger partial charge in [0, 0.05) is 6.20 Å². The smallest absolute Gasteiger partial charge is 0.416 e. The van der Waals surface area contributed by atoms with Crippen molar-refractivity contribution >= 4 is 11.6 Å². The van der Waals surface area contributed by atoms with Crippen LogP contribution in [0.5, 0.6) is 5.75 Å². The molecule has 0 radical (unpaired) electrons. The van der Waals surface area contributed by atoms with Gasteiger partial charge in [0.05, 0.1) is 16.8 Å². The zero-order valence-corrected chi connectivity index (χ0v) is 13.8. The van der Waals surface area contributed by atoms with Gasteiger partial charge in [-0.05, 0) is 42.5 Å². The Hall–Kier alpha value is -3.29. The number of allylic oxidation sites excluding steroid dienone is 2. The lowest BCUT2D eigenvalue weighted by Crippen LogP contribution is -2.37. The molecule has 0 aromatic heterocycles. The molecule has 1 atom stereocenters. The third-order valence-electron chi connectivity index (χ3n) is 3.84. The molecular formula is C19H14F4N2O2. The number of nitrogens with zero attached hydrogens (tertiary/aromatic N) is 1. The van der Waals surface area contributed by atoms with Gasteiger partial charge < -0.3 is 15.4 Å². The average Bonchev–Trinajstić information content (AvgIpc) is 2.61. The molecule has 1 heterocycles.